The molecule has 152 valence electrons. The summed E-state index contributed by atoms with van der Waals surface area (Å²) in [6.07, 6.45) is 0. The molecule has 0 fully saturated rings. The van der Waals surface area contributed by atoms with E-state index in [4.69, 9.17) is 15.2 Å². The lowest BCUT2D eigenvalue weighted by Gasteiger charge is -2.22. The quantitative estimate of drug-likeness (QED) is 0.573. The van der Waals surface area contributed by atoms with Crippen molar-refractivity contribution in [1.29, 1.82) is 0 Å². The van der Waals surface area contributed by atoms with E-state index in [1.165, 1.54) is 5.56 Å². The molecular weight excluding hydrogens is 384 g/mol. The first-order valence-electron chi connectivity index (χ1n) is 9.49. The molecule has 0 atom stereocenters. The average Bonchev–Trinajstić information content (AvgIpc) is 3.25. The van der Waals surface area contributed by atoms with Gasteiger partial charge in [0, 0.05) is 23.5 Å². The van der Waals surface area contributed by atoms with E-state index in [0.29, 0.717) is 43.3 Å². The van der Waals surface area contributed by atoms with Gasteiger partial charge in [-0.05, 0) is 47.7 Å². The number of hydrogen-bond donors (Lipinski definition) is 1. The maximum Gasteiger partial charge on any atom is 0.254 e. The summed E-state index contributed by atoms with van der Waals surface area (Å²) in [4.78, 5) is 15.9. The van der Waals surface area contributed by atoms with Gasteiger partial charge in [0.15, 0.2) is 11.5 Å². The van der Waals surface area contributed by atoms with E-state index in [-0.39, 0.29) is 5.91 Å². The molecule has 0 radical (unpaired) electrons. The summed E-state index contributed by atoms with van der Waals surface area (Å²) in [6, 6.07) is 17.4. The molecule has 1 heterocycles. The zero-order valence-electron chi connectivity index (χ0n) is 16.8. The summed E-state index contributed by atoms with van der Waals surface area (Å²) in [5, 5.41) is 2.00. The maximum absolute atomic E-state index is 13.0. The van der Waals surface area contributed by atoms with Crippen LogP contribution in [-0.2, 0) is 13.2 Å². The molecular formula is C23H26N2O3S. The van der Waals surface area contributed by atoms with Gasteiger partial charge < -0.3 is 20.1 Å². The van der Waals surface area contributed by atoms with Crippen molar-refractivity contribution < 1.29 is 14.3 Å². The number of carbonyl (C=O) groups excluding carboxylic acids is 1. The van der Waals surface area contributed by atoms with Crippen LogP contribution in [0.1, 0.15) is 26.4 Å². The van der Waals surface area contributed by atoms with Gasteiger partial charge in [0.05, 0.1) is 13.7 Å². The molecule has 29 heavy (non-hydrogen) atoms. The number of benzene rings is 2. The van der Waals surface area contributed by atoms with Gasteiger partial charge in [-0.3, -0.25) is 4.79 Å². The van der Waals surface area contributed by atoms with Crippen molar-refractivity contribution in [2.45, 2.75) is 20.1 Å². The Hall–Kier alpha value is -2.83. The first kappa shape index (κ1) is 20.9. The fraction of sp³-hybridized carbons (Fsp3) is 0.261. The molecule has 0 aliphatic carbocycles. The summed E-state index contributed by atoms with van der Waals surface area (Å²) in [6.45, 7) is 3.93. The smallest absolute Gasteiger partial charge is 0.254 e. The van der Waals surface area contributed by atoms with Crippen molar-refractivity contribution in [2.24, 2.45) is 5.73 Å². The van der Waals surface area contributed by atoms with Crippen molar-refractivity contribution >= 4 is 17.2 Å². The minimum Gasteiger partial charge on any atom is -0.493 e. The predicted octanol–water partition coefficient (Wildman–Crippen LogP) is 4.25. The lowest BCUT2D eigenvalue weighted by molar-refractivity contribution is 0.0749. The maximum atomic E-state index is 13.0. The van der Waals surface area contributed by atoms with Gasteiger partial charge >= 0.3 is 0 Å². The Morgan fingerprint density at radius 3 is 2.62 bits per heavy atom. The second-order valence-electron chi connectivity index (χ2n) is 6.68. The molecule has 0 saturated carbocycles. The van der Waals surface area contributed by atoms with E-state index in [2.05, 4.69) is 13.0 Å². The van der Waals surface area contributed by atoms with E-state index >= 15 is 0 Å². The van der Waals surface area contributed by atoms with Crippen molar-refractivity contribution in [1.82, 2.24) is 4.90 Å². The minimum absolute atomic E-state index is 0.0763. The molecule has 5 nitrogen and oxygen atoms in total. The number of hydrogen-bond acceptors (Lipinski definition) is 5. The molecule has 2 N–H and O–H groups in total. The molecule has 0 saturated heterocycles. The second-order valence-corrected chi connectivity index (χ2v) is 7.71. The first-order chi connectivity index (χ1) is 14.1. The van der Waals surface area contributed by atoms with Gasteiger partial charge in [-0.15, -0.1) is 11.3 Å². The summed E-state index contributed by atoms with van der Waals surface area (Å²) in [7, 11) is 1.58. The number of nitrogens with zero attached hydrogens (tertiary/aromatic N) is 1. The largest absolute Gasteiger partial charge is 0.493 e. The molecule has 1 aromatic heterocycles. The molecule has 0 aliphatic rings. The Bertz CT molecular complexity index is 941. The monoisotopic (exact) mass is 410 g/mol. The number of amides is 1. The van der Waals surface area contributed by atoms with E-state index in [0.717, 1.165) is 10.4 Å². The van der Waals surface area contributed by atoms with Crippen molar-refractivity contribution in [2.75, 3.05) is 20.2 Å². The highest BCUT2D eigenvalue weighted by Crippen LogP contribution is 2.30. The lowest BCUT2D eigenvalue weighted by Crippen LogP contribution is -2.34. The summed E-state index contributed by atoms with van der Waals surface area (Å²) in [5.41, 5.74) is 8.56. The van der Waals surface area contributed by atoms with E-state index in [1.807, 2.05) is 35.7 Å². The number of ether oxygens (including phenoxy) is 2. The highest BCUT2D eigenvalue weighted by molar-refractivity contribution is 7.09. The normalized spacial score (nSPS) is 10.6. The number of carbonyl (C=O) groups is 1. The fourth-order valence-corrected chi connectivity index (χ4v) is 3.75. The fourth-order valence-electron chi connectivity index (χ4n) is 3.03. The molecule has 0 bridgehead atoms. The molecule has 0 spiro atoms. The van der Waals surface area contributed by atoms with Crippen LogP contribution in [0.15, 0.2) is 60.0 Å². The number of thiophene rings is 1. The predicted molar refractivity (Wildman–Crippen MR) is 117 cm³/mol. The Balaban J connectivity index is 1.75. The third-order valence-electron chi connectivity index (χ3n) is 4.67. The Morgan fingerprint density at radius 1 is 1.10 bits per heavy atom. The lowest BCUT2D eigenvalue weighted by atomic mass is 10.1. The molecule has 1 amide bonds. The average molecular weight is 411 g/mol. The summed E-state index contributed by atoms with van der Waals surface area (Å²) in [5.74, 6) is 1.07. The van der Waals surface area contributed by atoms with Crippen LogP contribution in [0.4, 0.5) is 0 Å². The number of rotatable bonds is 9. The topological polar surface area (TPSA) is 64.8 Å². The highest BCUT2D eigenvalue weighted by atomic mass is 32.1. The Kier molecular flexibility index (Phi) is 7.27. The number of nitrogens with two attached hydrogens (primary N) is 1. The Morgan fingerprint density at radius 2 is 1.93 bits per heavy atom. The van der Waals surface area contributed by atoms with Gasteiger partial charge in [0.25, 0.3) is 5.91 Å². The van der Waals surface area contributed by atoms with Crippen molar-refractivity contribution in [3.8, 4) is 11.5 Å². The van der Waals surface area contributed by atoms with Crippen molar-refractivity contribution in [3.63, 3.8) is 0 Å². The van der Waals surface area contributed by atoms with Gasteiger partial charge in [-0.2, -0.15) is 0 Å². The zero-order valence-corrected chi connectivity index (χ0v) is 17.6. The van der Waals surface area contributed by atoms with Crippen molar-refractivity contribution in [3.05, 3.63) is 81.5 Å². The van der Waals surface area contributed by atoms with Gasteiger partial charge in [-0.25, -0.2) is 0 Å². The number of methoxy groups -OCH3 is 1. The SMILES string of the molecule is COc1cc(C(=O)N(CCN)Cc2cccs2)ccc1OCc1ccccc1C. The minimum atomic E-state index is -0.0763. The first-order valence-corrected chi connectivity index (χ1v) is 10.4. The third kappa shape index (κ3) is 5.37. The van der Waals surface area contributed by atoms with Crippen LogP contribution in [0.3, 0.4) is 0 Å². The Labute approximate surface area is 175 Å². The van der Waals surface area contributed by atoms with Gasteiger partial charge in [0.1, 0.15) is 6.61 Å². The van der Waals surface area contributed by atoms with Gasteiger partial charge in [-0.1, -0.05) is 30.3 Å². The van der Waals surface area contributed by atoms with E-state index in [9.17, 15) is 4.79 Å². The van der Waals surface area contributed by atoms with Crippen LogP contribution >= 0.6 is 11.3 Å². The van der Waals surface area contributed by atoms with E-state index < -0.39 is 0 Å². The summed E-state index contributed by atoms with van der Waals surface area (Å²) < 4.78 is 11.4. The summed E-state index contributed by atoms with van der Waals surface area (Å²) >= 11 is 1.63. The van der Waals surface area contributed by atoms with Gasteiger partial charge in [0.2, 0.25) is 0 Å². The molecule has 3 rings (SSSR count). The van der Waals surface area contributed by atoms with Crippen LogP contribution in [0.5, 0.6) is 11.5 Å². The molecule has 2 aromatic carbocycles. The highest BCUT2D eigenvalue weighted by Gasteiger charge is 2.18. The van der Waals surface area contributed by atoms with Crippen LogP contribution in [-0.4, -0.2) is 31.0 Å². The molecule has 3 aromatic rings. The van der Waals surface area contributed by atoms with Crippen LogP contribution < -0.4 is 15.2 Å². The van der Waals surface area contributed by atoms with Crippen LogP contribution in [0.25, 0.3) is 0 Å². The van der Waals surface area contributed by atoms with E-state index in [1.54, 1.807) is 41.5 Å². The number of aryl methyl sites for hydroxylation is 1. The molecule has 0 unspecified atom stereocenters. The third-order valence-corrected chi connectivity index (χ3v) is 5.53. The standard InChI is InChI=1S/C23H26N2O3S/c1-17-6-3-4-7-19(17)16-28-21-10-9-18(14-22(21)27-2)23(26)25(12-11-24)15-20-8-5-13-29-20/h3-10,13-14H,11-12,15-16,24H2,1-2H3. The molecule has 6 heteroatoms. The van der Waals surface area contributed by atoms with Crippen LogP contribution in [0.2, 0.25) is 0 Å². The zero-order chi connectivity index (χ0) is 20.6. The molecule has 0 aliphatic heterocycles. The second kappa shape index (κ2) is 10.1. The van der Waals surface area contributed by atoms with Crippen LogP contribution in [0, 0.1) is 6.92 Å².